The average Bonchev–Trinajstić information content (AvgIpc) is 1.64. The van der Waals surface area contributed by atoms with Crippen LogP contribution in [0.25, 0.3) is 62.8 Å². The Kier molecular flexibility index (Phi) is 32.8. The van der Waals surface area contributed by atoms with E-state index in [1.807, 2.05) is 45.9 Å². The van der Waals surface area contributed by atoms with Gasteiger partial charge in [-0.05, 0) is 117 Å². The van der Waals surface area contributed by atoms with Gasteiger partial charge in [0.1, 0.15) is 63.4 Å². The highest BCUT2D eigenvalue weighted by Crippen LogP contribution is 2.44. The molecule has 3 aromatic carbocycles. The number of aromatic nitrogens is 9. The Morgan fingerprint density at radius 1 is 0.488 bits per heavy atom. The summed E-state index contributed by atoms with van der Waals surface area (Å²) in [5.74, 6) is 2.39. The predicted octanol–water partition coefficient (Wildman–Crippen LogP) is 13.6. The summed E-state index contributed by atoms with van der Waals surface area (Å²) < 4.78 is 85.5. The first kappa shape index (κ1) is 93.1. The molecule has 0 radical (unpaired) electrons. The van der Waals surface area contributed by atoms with E-state index in [4.69, 9.17) is 39.9 Å². The summed E-state index contributed by atoms with van der Waals surface area (Å²) in [6.45, 7) is 21.1. The van der Waals surface area contributed by atoms with Gasteiger partial charge in [0.05, 0.1) is 110 Å². The number of fused-ring (bicyclic) bond motifs is 3. The molecule has 12 heterocycles. The fraction of sp³-hybridized carbons (Fsp3) is 0.407. The third-order valence-corrected chi connectivity index (χ3v) is 24.5. The van der Waals surface area contributed by atoms with E-state index in [2.05, 4.69) is 65.5 Å². The number of ether oxygens (including phenoxy) is 6. The van der Waals surface area contributed by atoms with Crippen molar-refractivity contribution in [3.05, 3.63) is 174 Å². The summed E-state index contributed by atoms with van der Waals surface area (Å²) in [5, 5.41) is 8.93. The summed E-state index contributed by atoms with van der Waals surface area (Å²) in [7, 11) is 5.41. The number of nitrogens with two attached hydrogens (primary N) is 2. The number of amides is 3. The van der Waals surface area contributed by atoms with Crippen LogP contribution in [0.5, 0.6) is 34.5 Å². The van der Waals surface area contributed by atoms with Crippen LogP contribution in [-0.2, 0) is 62.6 Å². The number of aliphatic imine (C=N–C) groups is 1. The molecule has 3 amide bonds. The van der Waals surface area contributed by atoms with Gasteiger partial charge in [0.15, 0.2) is 34.7 Å². The first-order valence-corrected chi connectivity index (χ1v) is 44.8. The molecule has 0 unspecified atom stereocenters. The molecule has 670 valence electrons. The Hall–Kier alpha value is -11.5. The van der Waals surface area contributed by atoms with Crippen molar-refractivity contribution in [3.8, 4) is 66.6 Å². The number of morpholine rings is 3. The van der Waals surface area contributed by atoms with E-state index >= 15 is 0 Å². The number of rotatable bonds is 30. The van der Waals surface area contributed by atoms with Gasteiger partial charge in [0, 0.05) is 180 Å². The second kappa shape index (κ2) is 44.7. The number of isocyanates is 1. The molecule has 12 aromatic rings. The van der Waals surface area contributed by atoms with Crippen LogP contribution >= 0.6 is 34.0 Å². The number of imidazole rings is 3. The zero-order valence-corrected chi connectivity index (χ0v) is 74.5. The number of thiophene rings is 3. The van der Waals surface area contributed by atoms with E-state index in [0.717, 1.165) is 140 Å². The van der Waals surface area contributed by atoms with Gasteiger partial charge in [-0.2, -0.15) is 0 Å². The summed E-state index contributed by atoms with van der Waals surface area (Å²) in [5.41, 5.74) is 15.9. The Morgan fingerprint density at radius 2 is 0.835 bits per heavy atom. The third kappa shape index (κ3) is 26.1. The van der Waals surface area contributed by atoms with Gasteiger partial charge < -0.3 is 69.5 Å². The molecule has 7 N–H and O–H groups in total. The van der Waals surface area contributed by atoms with E-state index < -0.39 is 17.5 Å². The molecule has 2 aliphatic carbocycles. The monoisotopic (exact) mass is 1790 g/mol. The number of halogens is 3. The van der Waals surface area contributed by atoms with Gasteiger partial charge in [0.2, 0.25) is 6.08 Å². The Morgan fingerprint density at radius 3 is 1.14 bits per heavy atom. The van der Waals surface area contributed by atoms with Gasteiger partial charge in [-0.25, -0.2) is 37.9 Å². The summed E-state index contributed by atoms with van der Waals surface area (Å²) in [4.78, 5) is 111. The van der Waals surface area contributed by atoms with Gasteiger partial charge in [-0.1, -0.05) is 26.0 Å². The predicted molar refractivity (Wildman–Crippen MR) is 483 cm³/mol. The van der Waals surface area contributed by atoms with Gasteiger partial charge in [-0.3, -0.25) is 53.6 Å². The number of carbonyl (C=O) groups is 5. The highest BCUT2D eigenvalue weighted by Gasteiger charge is 2.28. The number of anilines is 1. The average molecular weight is 1800 g/mol. The second-order valence-corrected chi connectivity index (χ2v) is 35.1. The Balaban J connectivity index is 0.000000154. The van der Waals surface area contributed by atoms with Crippen LogP contribution in [-0.4, -0.2) is 224 Å². The van der Waals surface area contributed by atoms with Crippen LogP contribution in [0, 0.1) is 29.3 Å². The second-order valence-electron chi connectivity index (χ2n) is 32.0. The maximum Gasteiger partial charge on any atom is 0.269 e. The molecule has 3 saturated heterocycles. The van der Waals surface area contributed by atoms with Crippen LogP contribution in [0.1, 0.15) is 109 Å². The number of benzene rings is 3. The maximum atomic E-state index is 14.9. The lowest BCUT2D eigenvalue weighted by molar-refractivity contribution is -0.119. The van der Waals surface area contributed by atoms with E-state index in [0.29, 0.717) is 130 Å². The molecule has 9 aromatic heterocycles. The fourth-order valence-corrected chi connectivity index (χ4v) is 17.2. The van der Waals surface area contributed by atoms with Crippen molar-refractivity contribution in [1.29, 1.82) is 0 Å². The molecular weight excluding hydrogens is 1690 g/mol. The molecule has 5 aliphatic rings. The molecule has 30 nitrogen and oxygen atoms in total. The molecule has 127 heavy (non-hydrogen) atoms. The van der Waals surface area contributed by atoms with Crippen LogP contribution < -0.4 is 41.6 Å². The van der Waals surface area contributed by atoms with Gasteiger partial charge >= 0.3 is 0 Å². The largest absolute Gasteiger partial charge is 0.453 e. The minimum absolute atomic E-state index is 0.0699. The number of carbonyl (C=O) groups excluding carboxylic acids is 6. The SMILES string of the molecule is CC(C)CC(=O)Cc1ccc(Oc2ccnc3cc(-c4ncc(C(=O)NCCN5CCOCC5)n4C)sc23)c(F)c1.CC(C)N=C=O.Cn1c(C(=O)NCCN2CCOCC2)cnc1-c1cc2nccc(Oc3ccc(CC(=O)CC4CC4)cc3F)c2s1.Cn1c(C(=O)NCCN2CCOCC2)cnc1-c1cc2nccc(Oc3ccc(N)cc3F)c2s1.NC1CC1. The van der Waals surface area contributed by atoms with E-state index in [1.54, 1.807) is 121 Å². The maximum absolute atomic E-state index is 14.9. The molecule has 0 bridgehead atoms. The van der Waals surface area contributed by atoms with Crippen molar-refractivity contribution < 1.29 is 70.4 Å². The standard InChI is InChI=1S/C30H32FN5O4S.C30H34FN5O4S.C24H25FN6O3S.C4H7NO.C3H7N/c1-35-24(30(38)33-8-9-36-10-12-39-13-11-36)18-34-29(35)27-17-23-28(41-27)26(6-7-32-23)40-25-5-4-20(16-22(25)31)15-21(37)14-19-2-3-19;1-19(2)14-21(37)15-20-4-5-25(22(31)16-20)40-26-6-7-32-23-17-27(41-28(23)26)29-34-18-24(35(29)3)30(38)33-8-9-36-10-12-39-13-11-36;1-30-18(24(32)28-6-7-31-8-10-33-11-9-31)14-29-23(30)21-13-17-22(35-21)20(4-5-27-17)34-19-3-2-15(26)12-16(19)25;1-4(2)5-3-6;4-3-1-2-3/h4-7,16-19H,2-3,8-15H2,1H3,(H,33,38);4-7,16-19H,8-15H2,1-3H3,(H,33,38);2-5,12-14H,6-11,26H2,1H3,(H,28,32);4H,1-2H3;3H,1-2,4H2. The lowest BCUT2D eigenvalue weighted by Crippen LogP contribution is -2.41. The van der Waals surface area contributed by atoms with Gasteiger partial charge in [0.25, 0.3) is 17.7 Å². The highest BCUT2D eigenvalue weighted by atomic mass is 32.1. The quantitative estimate of drug-likeness (QED) is 0.0159. The first-order valence-electron chi connectivity index (χ1n) is 42.4. The smallest absolute Gasteiger partial charge is 0.269 e. The number of nitrogens with zero attached hydrogens (tertiary/aromatic N) is 13. The van der Waals surface area contributed by atoms with Crippen molar-refractivity contribution >= 4 is 106 Å². The van der Waals surface area contributed by atoms with E-state index in [-0.39, 0.29) is 71.3 Å². The Labute approximate surface area is 745 Å². The van der Waals surface area contributed by atoms with Gasteiger partial charge in [-0.15, -0.1) is 34.0 Å². The highest BCUT2D eigenvalue weighted by molar-refractivity contribution is 7.23. The minimum Gasteiger partial charge on any atom is -0.453 e. The number of hydrogen-bond acceptors (Lipinski definition) is 27. The summed E-state index contributed by atoms with van der Waals surface area (Å²) in [6, 6.07) is 25.0. The molecule has 0 atom stereocenters. The lowest BCUT2D eigenvalue weighted by atomic mass is 10.0. The number of hydrogen-bond donors (Lipinski definition) is 5. The molecular formula is C91H105F3N18O12S3. The van der Waals surface area contributed by atoms with Crippen molar-refractivity contribution in [2.45, 2.75) is 91.1 Å². The van der Waals surface area contributed by atoms with Crippen LogP contribution in [0.2, 0.25) is 0 Å². The number of nitrogen functional groups attached to an aromatic ring is 1. The topological polar surface area (TPSA) is 360 Å². The van der Waals surface area contributed by atoms with Crippen LogP contribution in [0.4, 0.5) is 18.9 Å². The fourth-order valence-electron chi connectivity index (χ4n) is 13.9. The Bertz CT molecular complexity index is 5630. The number of Topliss-reactive ketones (excluding diaryl/α,β-unsaturated/α-hetero) is 2. The van der Waals surface area contributed by atoms with Crippen molar-refractivity contribution in [1.82, 2.24) is 74.3 Å². The van der Waals surface area contributed by atoms with E-state index in [9.17, 15) is 41.9 Å². The molecule has 0 spiro atoms. The van der Waals surface area contributed by atoms with Crippen LogP contribution in [0.15, 0.2) is 133 Å². The molecule has 36 heteroatoms. The first-order chi connectivity index (χ1) is 61.4. The zero-order chi connectivity index (χ0) is 89.6. The van der Waals surface area contributed by atoms with Crippen molar-refractivity contribution in [2.24, 2.45) is 43.7 Å². The zero-order valence-electron chi connectivity index (χ0n) is 72.0. The molecule has 5 fully saturated rings. The molecule has 3 aliphatic heterocycles. The number of pyridine rings is 3. The lowest BCUT2D eigenvalue weighted by Gasteiger charge is -2.26. The normalized spacial score (nSPS) is 14.8. The summed E-state index contributed by atoms with van der Waals surface area (Å²) >= 11 is 4.23. The minimum atomic E-state index is -0.542. The molecule has 2 saturated carbocycles. The number of nitrogens with one attached hydrogen (secondary N) is 3. The molecule has 17 rings (SSSR count). The van der Waals surface area contributed by atoms with E-state index in [1.165, 1.54) is 77.2 Å². The van der Waals surface area contributed by atoms with Crippen LogP contribution in [0.3, 0.4) is 0 Å². The van der Waals surface area contributed by atoms with Crippen molar-refractivity contribution in [3.63, 3.8) is 0 Å². The summed E-state index contributed by atoms with van der Waals surface area (Å²) in [6.07, 6.45) is 17.2. The third-order valence-electron chi connectivity index (χ3n) is 21.1. The number of ketones is 2. The van der Waals surface area contributed by atoms with Crippen molar-refractivity contribution in [2.75, 3.05) is 124 Å².